The largest absolute Gasteiger partial charge is 0.320 e. The van der Waals surface area contributed by atoms with E-state index >= 15 is 0 Å². The maximum absolute atomic E-state index is 13.6. The predicted molar refractivity (Wildman–Crippen MR) is 120 cm³/mol. The lowest BCUT2D eigenvalue weighted by atomic mass is 9.68. The molecular formula is C27H28N2O. The Kier molecular flexibility index (Phi) is 4.82. The van der Waals surface area contributed by atoms with Crippen LogP contribution in [0.15, 0.2) is 91.0 Å². The number of hydrogen-bond donors (Lipinski definition) is 0. The first-order chi connectivity index (χ1) is 14.7. The van der Waals surface area contributed by atoms with Gasteiger partial charge in [0.25, 0.3) is 0 Å². The monoisotopic (exact) mass is 396 g/mol. The average molecular weight is 397 g/mol. The standard InChI is InChI=1S/C27H28N2O/c1-21-25-17-18-27(23-13-7-3-8-14-23,24-15-9-4-10-16-24)20-29(25)26(30)28(21)19-22-11-5-2-6-12-22/h2-16,21,25H,17-20H2,1H3/t21-,25-/m0/s1. The Bertz CT molecular complexity index is 963. The summed E-state index contributed by atoms with van der Waals surface area (Å²) in [6.45, 7) is 3.63. The summed E-state index contributed by atoms with van der Waals surface area (Å²) in [7, 11) is 0. The normalized spacial score (nSPS) is 22.8. The highest BCUT2D eigenvalue weighted by Crippen LogP contribution is 2.45. The number of carbonyl (C=O) groups is 1. The van der Waals surface area contributed by atoms with Gasteiger partial charge in [0.15, 0.2) is 0 Å². The van der Waals surface area contributed by atoms with Crippen molar-refractivity contribution in [2.24, 2.45) is 0 Å². The lowest BCUT2D eigenvalue weighted by Gasteiger charge is -2.45. The Hall–Kier alpha value is -3.07. The summed E-state index contributed by atoms with van der Waals surface area (Å²) in [6, 6.07) is 32.5. The second kappa shape index (κ2) is 7.64. The predicted octanol–water partition coefficient (Wildman–Crippen LogP) is 5.46. The van der Waals surface area contributed by atoms with Crippen molar-refractivity contribution in [2.75, 3.05) is 6.54 Å². The van der Waals surface area contributed by atoms with Gasteiger partial charge >= 0.3 is 6.03 Å². The van der Waals surface area contributed by atoms with Gasteiger partial charge in [0.1, 0.15) is 0 Å². The Labute approximate surface area is 178 Å². The molecule has 5 rings (SSSR count). The lowest BCUT2D eigenvalue weighted by molar-refractivity contribution is 0.145. The van der Waals surface area contributed by atoms with Crippen molar-refractivity contribution in [3.8, 4) is 0 Å². The minimum absolute atomic E-state index is 0.156. The maximum Gasteiger partial charge on any atom is 0.320 e. The third kappa shape index (κ3) is 3.09. The summed E-state index contributed by atoms with van der Waals surface area (Å²) in [5, 5.41) is 0. The summed E-state index contributed by atoms with van der Waals surface area (Å²) in [5.41, 5.74) is 3.64. The van der Waals surface area contributed by atoms with E-state index in [2.05, 4.69) is 89.5 Å². The Balaban J connectivity index is 1.49. The van der Waals surface area contributed by atoms with Gasteiger partial charge in [-0.1, -0.05) is 91.0 Å². The topological polar surface area (TPSA) is 23.6 Å². The average Bonchev–Trinajstić information content (AvgIpc) is 3.05. The number of carbonyl (C=O) groups excluding carboxylic acids is 1. The van der Waals surface area contributed by atoms with Crippen LogP contribution in [0.4, 0.5) is 4.79 Å². The Morgan fingerprint density at radius 3 is 1.93 bits per heavy atom. The van der Waals surface area contributed by atoms with Gasteiger partial charge in [-0.3, -0.25) is 0 Å². The van der Waals surface area contributed by atoms with Gasteiger partial charge in [0, 0.05) is 18.5 Å². The van der Waals surface area contributed by atoms with Crippen molar-refractivity contribution in [3.63, 3.8) is 0 Å². The number of benzene rings is 3. The molecule has 0 saturated carbocycles. The second-order valence-electron chi connectivity index (χ2n) is 8.68. The van der Waals surface area contributed by atoms with E-state index in [1.54, 1.807) is 0 Å². The van der Waals surface area contributed by atoms with E-state index in [1.165, 1.54) is 16.7 Å². The Morgan fingerprint density at radius 1 is 0.833 bits per heavy atom. The quantitative estimate of drug-likeness (QED) is 0.574. The van der Waals surface area contributed by atoms with Crippen LogP contribution in [0.25, 0.3) is 0 Å². The molecule has 2 fully saturated rings. The highest BCUT2D eigenvalue weighted by molar-refractivity contribution is 5.78. The van der Waals surface area contributed by atoms with Crippen LogP contribution >= 0.6 is 0 Å². The number of amides is 2. The van der Waals surface area contributed by atoms with Crippen LogP contribution in [0.3, 0.4) is 0 Å². The van der Waals surface area contributed by atoms with Gasteiger partial charge in [-0.05, 0) is 36.5 Å². The molecule has 2 amide bonds. The van der Waals surface area contributed by atoms with Crippen LogP contribution in [0.5, 0.6) is 0 Å². The molecule has 0 aliphatic carbocycles. The third-order valence-corrected chi connectivity index (χ3v) is 7.10. The van der Waals surface area contributed by atoms with Gasteiger partial charge in [-0.2, -0.15) is 0 Å². The van der Waals surface area contributed by atoms with Gasteiger partial charge < -0.3 is 9.80 Å². The van der Waals surface area contributed by atoms with Gasteiger partial charge in [-0.15, -0.1) is 0 Å². The zero-order valence-corrected chi connectivity index (χ0v) is 17.4. The molecule has 2 aliphatic heterocycles. The molecule has 2 heterocycles. The number of nitrogens with zero attached hydrogens (tertiary/aromatic N) is 2. The van der Waals surface area contributed by atoms with E-state index in [9.17, 15) is 4.79 Å². The molecule has 2 saturated heterocycles. The first-order valence-electron chi connectivity index (χ1n) is 10.9. The molecule has 0 unspecified atom stereocenters. The molecule has 0 bridgehead atoms. The third-order valence-electron chi connectivity index (χ3n) is 7.10. The molecule has 30 heavy (non-hydrogen) atoms. The molecule has 2 atom stereocenters. The fourth-order valence-corrected chi connectivity index (χ4v) is 5.44. The van der Waals surface area contributed by atoms with E-state index in [0.717, 1.165) is 19.4 Å². The minimum atomic E-state index is -0.156. The van der Waals surface area contributed by atoms with E-state index in [4.69, 9.17) is 0 Å². The molecule has 0 N–H and O–H groups in total. The molecule has 3 heteroatoms. The van der Waals surface area contributed by atoms with E-state index < -0.39 is 0 Å². The molecule has 152 valence electrons. The van der Waals surface area contributed by atoms with Crippen molar-refractivity contribution < 1.29 is 4.79 Å². The van der Waals surface area contributed by atoms with E-state index in [-0.39, 0.29) is 23.5 Å². The summed E-state index contributed by atoms with van der Waals surface area (Å²) >= 11 is 0. The SMILES string of the molecule is C[C@H]1[C@@H]2CCC(c3ccccc3)(c3ccccc3)CN2C(=O)N1Cc1ccccc1. The number of piperidine rings is 1. The molecule has 0 aromatic heterocycles. The number of urea groups is 1. The first kappa shape index (κ1) is 18.9. The number of rotatable bonds is 4. The van der Waals surface area contributed by atoms with Crippen LogP contribution in [0.2, 0.25) is 0 Å². The van der Waals surface area contributed by atoms with Gasteiger partial charge in [-0.25, -0.2) is 4.79 Å². The summed E-state index contributed by atoms with van der Waals surface area (Å²) in [5.74, 6) is 0. The van der Waals surface area contributed by atoms with Crippen molar-refractivity contribution in [1.29, 1.82) is 0 Å². The lowest BCUT2D eigenvalue weighted by Crippen LogP contribution is -2.51. The first-order valence-corrected chi connectivity index (χ1v) is 10.9. The van der Waals surface area contributed by atoms with Gasteiger partial charge in [0.05, 0.1) is 12.1 Å². The number of fused-ring (bicyclic) bond motifs is 1. The fourth-order valence-electron chi connectivity index (χ4n) is 5.44. The highest BCUT2D eigenvalue weighted by atomic mass is 16.2. The molecule has 2 aliphatic rings. The summed E-state index contributed by atoms with van der Waals surface area (Å²) in [4.78, 5) is 17.8. The van der Waals surface area contributed by atoms with Crippen LogP contribution in [-0.2, 0) is 12.0 Å². The van der Waals surface area contributed by atoms with Crippen molar-refractivity contribution >= 4 is 6.03 Å². The van der Waals surface area contributed by atoms with Crippen LogP contribution < -0.4 is 0 Å². The molecule has 3 nitrogen and oxygen atoms in total. The second-order valence-corrected chi connectivity index (χ2v) is 8.68. The molecule has 0 spiro atoms. The summed E-state index contributed by atoms with van der Waals surface area (Å²) < 4.78 is 0. The molecular weight excluding hydrogens is 368 g/mol. The number of hydrogen-bond acceptors (Lipinski definition) is 1. The van der Waals surface area contributed by atoms with Crippen LogP contribution in [0, 0.1) is 0 Å². The van der Waals surface area contributed by atoms with E-state index in [1.807, 2.05) is 18.2 Å². The highest BCUT2D eigenvalue weighted by Gasteiger charge is 2.51. The molecule has 0 radical (unpaired) electrons. The zero-order chi connectivity index (χ0) is 20.6. The molecule has 3 aromatic rings. The zero-order valence-electron chi connectivity index (χ0n) is 17.4. The summed E-state index contributed by atoms with van der Waals surface area (Å²) in [6.07, 6.45) is 2.07. The van der Waals surface area contributed by atoms with E-state index in [0.29, 0.717) is 6.54 Å². The smallest absolute Gasteiger partial charge is 0.318 e. The van der Waals surface area contributed by atoms with Crippen molar-refractivity contribution in [1.82, 2.24) is 9.80 Å². The van der Waals surface area contributed by atoms with Gasteiger partial charge in [0.2, 0.25) is 0 Å². The fraction of sp³-hybridized carbons (Fsp3) is 0.296. The van der Waals surface area contributed by atoms with Crippen LogP contribution in [-0.4, -0.2) is 34.5 Å². The van der Waals surface area contributed by atoms with Crippen LogP contribution in [0.1, 0.15) is 36.5 Å². The minimum Gasteiger partial charge on any atom is -0.318 e. The van der Waals surface area contributed by atoms with Crippen molar-refractivity contribution in [3.05, 3.63) is 108 Å². The van der Waals surface area contributed by atoms with Crippen molar-refractivity contribution in [2.45, 2.75) is 43.8 Å². The molecule has 3 aromatic carbocycles. The Morgan fingerprint density at radius 2 is 1.37 bits per heavy atom. The maximum atomic E-state index is 13.6.